The van der Waals surface area contributed by atoms with Gasteiger partial charge in [-0.3, -0.25) is 15.6 Å². The third-order valence-electron chi connectivity index (χ3n) is 5.99. The average molecular weight is 517 g/mol. The van der Waals surface area contributed by atoms with Gasteiger partial charge in [0.25, 0.3) is 5.91 Å². The quantitative estimate of drug-likeness (QED) is 0.267. The topological polar surface area (TPSA) is 83.0 Å². The van der Waals surface area contributed by atoms with E-state index in [4.69, 9.17) is 12.2 Å². The van der Waals surface area contributed by atoms with Gasteiger partial charge in [-0.05, 0) is 53.9 Å². The molecule has 1 aromatic heterocycles. The monoisotopic (exact) mass is 516 g/mol. The predicted octanol–water partition coefficient (Wildman–Crippen LogP) is 5.61. The molecule has 1 amide bonds. The summed E-state index contributed by atoms with van der Waals surface area (Å²) in [4.78, 5) is 12.6. The lowest BCUT2D eigenvalue weighted by Gasteiger charge is -2.33. The summed E-state index contributed by atoms with van der Waals surface area (Å²) >= 11 is 5.17. The zero-order valence-electron chi connectivity index (χ0n) is 20.0. The number of hydrogen-bond acceptors (Lipinski definition) is 4. The van der Waals surface area contributed by atoms with Gasteiger partial charge in [-0.25, -0.2) is 4.68 Å². The average Bonchev–Trinajstić information content (AvgIpc) is 3.25. The van der Waals surface area contributed by atoms with Gasteiger partial charge in [0.05, 0.1) is 6.04 Å². The standard InChI is InChI=1S/C25H27F3N6OS/c1-14(2)16-7-9-17(10-8-16)19-12-21(25(26,27)28)34-22(30-19)13-20(33-34)23(35)31-32-24(36)29-18-6-4-5-15(3)11-18/h4-11,13-14,19,21,30H,12H2,1-3H3,(H,31,35)(H2,29,32,36)/t19-,21-/m1/s1. The van der Waals surface area contributed by atoms with E-state index < -0.39 is 24.2 Å². The van der Waals surface area contributed by atoms with E-state index in [2.05, 4.69) is 40.4 Å². The van der Waals surface area contributed by atoms with Crippen LogP contribution in [0.15, 0.2) is 54.6 Å². The van der Waals surface area contributed by atoms with Gasteiger partial charge in [-0.1, -0.05) is 50.2 Å². The number of amides is 1. The Morgan fingerprint density at radius 2 is 1.86 bits per heavy atom. The second-order valence-electron chi connectivity index (χ2n) is 9.07. The maximum Gasteiger partial charge on any atom is 0.410 e. The third kappa shape index (κ3) is 5.78. The van der Waals surface area contributed by atoms with Gasteiger partial charge < -0.3 is 10.6 Å². The molecule has 2 aromatic carbocycles. The molecule has 1 aliphatic heterocycles. The minimum Gasteiger partial charge on any atom is -0.363 e. The van der Waals surface area contributed by atoms with Crippen molar-refractivity contribution in [3.8, 4) is 0 Å². The number of carbonyl (C=O) groups is 1. The fourth-order valence-electron chi connectivity index (χ4n) is 4.08. The van der Waals surface area contributed by atoms with Crippen molar-refractivity contribution in [2.75, 3.05) is 10.6 Å². The first-order valence-corrected chi connectivity index (χ1v) is 11.9. The van der Waals surface area contributed by atoms with E-state index in [0.717, 1.165) is 27.1 Å². The lowest BCUT2D eigenvalue weighted by atomic mass is 9.94. The number of nitrogens with one attached hydrogen (secondary N) is 4. The number of benzene rings is 2. The molecular formula is C25H27F3N6OS. The number of aryl methyl sites for hydroxylation is 1. The van der Waals surface area contributed by atoms with Crippen LogP contribution in [0.4, 0.5) is 24.7 Å². The molecule has 0 aliphatic carbocycles. The minimum absolute atomic E-state index is 0.118. The molecule has 0 radical (unpaired) electrons. The molecule has 0 spiro atoms. The van der Waals surface area contributed by atoms with E-state index in [-0.39, 0.29) is 23.0 Å². The van der Waals surface area contributed by atoms with Crippen molar-refractivity contribution in [3.63, 3.8) is 0 Å². The van der Waals surface area contributed by atoms with E-state index in [0.29, 0.717) is 5.92 Å². The summed E-state index contributed by atoms with van der Waals surface area (Å²) in [6, 6.07) is 13.8. The summed E-state index contributed by atoms with van der Waals surface area (Å²) in [5, 5.41) is 10.1. The molecule has 0 saturated heterocycles. The molecule has 3 aromatic rings. The molecule has 11 heteroatoms. The Morgan fingerprint density at radius 1 is 1.14 bits per heavy atom. The molecule has 2 heterocycles. The second kappa shape index (κ2) is 10.2. The Hall–Kier alpha value is -3.60. The van der Waals surface area contributed by atoms with Crippen LogP contribution in [0.2, 0.25) is 0 Å². The second-order valence-corrected chi connectivity index (χ2v) is 9.48. The van der Waals surface area contributed by atoms with Crippen LogP contribution >= 0.6 is 12.2 Å². The molecule has 2 atom stereocenters. The van der Waals surface area contributed by atoms with E-state index in [1.807, 2.05) is 55.5 Å². The SMILES string of the molecule is Cc1cccc(NC(=S)NNC(=O)c2cc3n(n2)[C@@H](C(F)(F)F)C[C@H](c2ccc(C(C)C)cc2)N3)c1. The first-order valence-electron chi connectivity index (χ1n) is 11.5. The third-order valence-corrected chi connectivity index (χ3v) is 6.20. The lowest BCUT2D eigenvalue weighted by molar-refractivity contribution is -0.173. The maximum atomic E-state index is 14.0. The predicted molar refractivity (Wildman–Crippen MR) is 137 cm³/mol. The van der Waals surface area contributed by atoms with Crippen molar-refractivity contribution < 1.29 is 18.0 Å². The summed E-state index contributed by atoms with van der Waals surface area (Å²) in [7, 11) is 0. The van der Waals surface area contributed by atoms with Crippen LogP contribution in [0.1, 0.15) is 65.4 Å². The molecular weight excluding hydrogens is 489 g/mol. The summed E-state index contributed by atoms with van der Waals surface area (Å²) in [5.41, 5.74) is 8.35. The molecule has 0 saturated carbocycles. The van der Waals surface area contributed by atoms with Gasteiger partial charge >= 0.3 is 6.18 Å². The number of halogens is 3. The fourth-order valence-corrected chi connectivity index (χ4v) is 4.25. The summed E-state index contributed by atoms with van der Waals surface area (Å²) in [6.45, 7) is 6.04. The molecule has 4 N–H and O–H groups in total. The highest BCUT2D eigenvalue weighted by atomic mass is 32.1. The number of hydrogen-bond donors (Lipinski definition) is 4. The van der Waals surface area contributed by atoms with Crippen LogP contribution in [0.25, 0.3) is 0 Å². The van der Waals surface area contributed by atoms with E-state index in [9.17, 15) is 18.0 Å². The smallest absolute Gasteiger partial charge is 0.363 e. The highest BCUT2D eigenvalue weighted by Gasteiger charge is 2.46. The minimum atomic E-state index is -4.54. The molecule has 0 fully saturated rings. The highest BCUT2D eigenvalue weighted by Crippen LogP contribution is 2.43. The maximum absolute atomic E-state index is 14.0. The number of alkyl halides is 3. The zero-order chi connectivity index (χ0) is 26.0. The summed E-state index contributed by atoms with van der Waals surface area (Å²) in [5.74, 6) is -0.282. The molecule has 0 unspecified atom stereocenters. The van der Waals surface area contributed by atoms with Crippen LogP contribution < -0.4 is 21.5 Å². The van der Waals surface area contributed by atoms with Gasteiger partial charge in [0.15, 0.2) is 16.8 Å². The van der Waals surface area contributed by atoms with Gasteiger partial charge in [-0.15, -0.1) is 0 Å². The number of anilines is 2. The highest BCUT2D eigenvalue weighted by molar-refractivity contribution is 7.80. The van der Waals surface area contributed by atoms with Gasteiger partial charge in [0, 0.05) is 18.2 Å². The molecule has 7 nitrogen and oxygen atoms in total. The van der Waals surface area contributed by atoms with Gasteiger partial charge in [0.1, 0.15) is 5.82 Å². The number of nitrogens with zero attached hydrogens (tertiary/aromatic N) is 2. The largest absolute Gasteiger partial charge is 0.410 e. The van der Waals surface area contributed by atoms with Gasteiger partial charge in [-0.2, -0.15) is 18.3 Å². The number of fused-ring (bicyclic) bond motifs is 1. The van der Waals surface area contributed by atoms with Crippen molar-refractivity contribution >= 4 is 34.7 Å². The number of hydrazine groups is 1. The van der Waals surface area contributed by atoms with Crippen LogP contribution in [0, 0.1) is 6.92 Å². The number of rotatable bonds is 4. The van der Waals surface area contributed by atoms with Crippen LogP contribution in [-0.4, -0.2) is 27.0 Å². The summed E-state index contributed by atoms with van der Waals surface area (Å²) in [6.07, 6.45) is -4.78. The lowest BCUT2D eigenvalue weighted by Crippen LogP contribution is -2.44. The molecule has 190 valence electrons. The normalized spacial score (nSPS) is 17.2. The Morgan fingerprint density at radius 3 is 2.50 bits per heavy atom. The van der Waals surface area contributed by atoms with Crippen molar-refractivity contribution in [2.45, 2.75) is 51.4 Å². The Labute approximate surface area is 212 Å². The number of aromatic nitrogens is 2. The van der Waals surface area contributed by atoms with E-state index in [1.54, 1.807) is 0 Å². The number of carbonyl (C=O) groups excluding carboxylic acids is 1. The molecule has 0 bridgehead atoms. The zero-order valence-corrected chi connectivity index (χ0v) is 20.8. The fraction of sp³-hybridized carbons (Fsp3) is 0.320. The van der Waals surface area contributed by atoms with Crippen molar-refractivity contribution in [1.29, 1.82) is 0 Å². The Balaban J connectivity index is 1.48. The molecule has 36 heavy (non-hydrogen) atoms. The summed E-state index contributed by atoms with van der Waals surface area (Å²) < 4.78 is 42.7. The van der Waals surface area contributed by atoms with E-state index >= 15 is 0 Å². The van der Waals surface area contributed by atoms with Crippen LogP contribution in [0.5, 0.6) is 0 Å². The number of thiocarbonyl (C=S) groups is 1. The van der Waals surface area contributed by atoms with Gasteiger partial charge in [0.2, 0.25) is 0 Å². The molecule has 1 aliphatic rings. The van der Waals surface area contributed by atoms with Crippen molar-refractivity contribution in [3.05, 3.63) is 77.0 Å². The van der Waals surface area contributed by atoms with E-state index in [1.165, 1.54) is 6.07 Å². The van der Waals surface area contributed by atoms with Crippen LogP contribution in [0.3, 0.4) is 0 Å². The Kier molecular flexibility index (Phi) is 7.21. The van der Waals surface area contributed by atoms with Crippen LogP contribution in [-0.2, 0) is 0 Å². The van der Waals surface area contributed by atoms with Crippen molar-refractivity contribution in [2.24, 2.45) is 0 Å². The Bertz CT molecular complexity index is 1260. The first-order chi connectivity index (χ1) is 17.0. The first kappa shape index (κ1) is 25.5. The molecule has 4 rings (SSSR count). The van der Waals surface area contributed by atoms with Crippen molar-refractivity contribution in [1.82, 2.24) is 20.6 Å².